The summed E-state index contributed by atoms with van der Waals surface area (Å²) in [5.41, 5.74) is 10.0. The van der Waals surface area contributed by atoms with Gasteiger partial charge in [-0.05, 0) is 32.0 Å². The number of hydrogen-bond donors (Lipinski definition) is 3. The van der Waals surface area contributed by atoms with Crippen molar-refractivity contribution in [2.45, 2.75) is 31.7 Å². The lowest BCUT2D eigenvalue weighted by Crippen LogP contribution is -2.51. The van der Waals surface area contributed by atoms with Gasteiger partial charge in [0.2, 0.25) is 11.8 Å². The van der Waals surface area contributed by atoms with E-state index in [1.165, 1.54) is 0 Å². The third-order valence-electron chi connectivity index (χ3n) is 3.02. The van der Waals surface area contributed by atoms with Crippen LogP contribution in [0.15, 0.2) is 0 Å². The molecule has 1 unspecified atom stereocenters. The van der Waals surface area contributed by atoms with Gasteiger partial charge in [0.05, 0.1) is 6.54 Å². The molecular weight excluding hydrogens is 240 g/mol. The average molecular weight is 258 g/mol. The van der Waals surface area contributed by atoms with E-state index < -0.39 is 11.4 Å². The Morgan fingerprint density at radius 2 is 2.12 bits per heavy atom. The maximum atomic E-state index is 11.9. The zero-order valence-electron chi connectivity index (χ0n) is 9.86. The number of carbonyl (C=O) groups excluding carboxylic acids is 2. The van der Waals surface area contributed by atoms with Crippen molar-refractivity contribution in [3.8, 4) is 0 Å². The summed E-state index contributed by atoms with van der Waals surface area (Å²) in [4.78, 5) is 24.6. The second-order valence-corrected chi connectivity index (χ2v) is 4.95. The van der Waals surface area contributed by atoms with Crippen LogP contribution >= 0.6 is 12.2 Å². The predicted molar refractivity (Wildman–Crippen MR) is 68.0 cm³/mol. The standard InChI is InChI=1S/C10H18N4O2S/c1-10(5-7(11)15)3-2-4-14(10)8(16)6-13-9(12)17/h2-6H2,1H3,(H2,11,15)(H3,12,13,17). The molecule has 6 nitrogen and oxygen atoms in total. The Balaban J connectivity index is 2.64. The Morgan fingerprint density at radius 1 is 1.47 bits per heavy atom. The van der Waals surface area contributed by atoms with Crippen LogP contribution in [-0.2, 0) is 9.59 Å². The topological polar surface area (TPSA) is 101 Å². The molecule has 0 aromatic heterocycles. The summed E-state index contributed by atoms with van der Waals surface area (Å²) < 4.78 is 0. The van der Waals surface area contributed by atoms with Crippen molar-refractivity contribution in [3.63, 3.8) is 0 Å². The molecule has 2 amide bonds. The van der Waals surface area contributed by atoms with E-state index in [2.05, 4.69) is 17.5 Å². The van der Waals surface area contributed by atoms with Crippen molar-refractivity contribution in [1.82, 2.24) is 10.2 Å². The van der Waals surface area contributed by atoms with Crippen LogP contribution < -0.4 is 16.8 Å². The first kappa shape index (κ1) is 13.7. The SMILES string of the molecule is CC1(CC(N)=O)CCCN1C(=O)CNC(N)=S. The minimum absolute atomic E-state index is 0.0592. The number of thiocarbonyl (C=S) groups is 1. The number of likely N-dealkylation sites (tertiary alicyclic amines) is 1. The smallest absolute Gasteiger partial charge is 0.242 e. The van der Waals surface area contributed by atoms with Gasteiger partial charge in [-0.2, -0.15) is 0 Å². The first-order chi connectivity index (χ1) is 7.85. The summed E-state index contributed by atoms with van der Waals surface area (Å²) in [6, 6.07) is 0. The monoisotopic (exact) mass is 258 g/mol. The summed E-state index contributed by atoms with van der Waals surface area (Å²) in [5, 5.41) is 2.71. The van der Waals surface area contributed by atoms with Gasteiger partial charge in [-0.15, -0.1) is 0 Å². The first-order valence-electron chi connectivity index (χ1n) is 5.47. The van der Waals surface area contributed by atoms with Gasteiger partial charge in [0.15, 0.2) is 5.11 Å². The fraction of sp³-hybridized carbons (Fsp3) is 0.700. The number of primary amides is 1. The largest absolute Gasteiger partial charge is 0.376 e. The van der Waals surface area contributed by atoms with Crippen molar-refractivity contribution < 1.29 is 9.59 Å². The van der Waals surface area contributed by atoms with Gasteiger partial charge >= 0.3 is 0 Å². The van der Waals surface area contributed by atoms with Crippen LogP contribution in [0.3, 0.4) is 0 Å². The van der Waals surface area contributed by atoms with E-state index >= 15 is 0 Å². The van der Waals surface area contributed by atoms with E-state index in [-0.39, 0.29) is 24.0 Å². The molecule has 17 heavy (non-hydrogen) atoms. The Bertz CT molecular complexity index is 347. The fourth-order valence-corrected chi connectivity index (χ4v) is 2.34. The molecule has 0 bridgehead atoms. The normalized spacial score (nSPS) is 23.5. The summed E-state index contributed by atoms with van der Waals surface area (Å²) in [5.74, 6) is -0.506. The van der Waals surface area contributed by atoms with Gasteiger partial charge < -0.3 is 21.7 Å². The molecule has 1 fully saturated rings. The number of nitrogens with two attached hydrogens (primary N) is 2. The van der Waals surface area contributed by atoms with Crippen LogP contribution in [0.1, 0.15) is 26.2 Å². The molecule has 1 aliphatic heterocycles. The highest BCUT2D eigenvalue weighted by Gasteiger charge is 2.40. The molecule has 1 rings (SSSR count). The minimum Gasteiger partial charge on any atom is -0.376 e. The number of nitrogens with one attached hydrogen (secondary N) is 1. The number of nitrogens with zero attached hydrogens (tertiary/aromatic N) is 1. The van der Waals surface area contributed by atoms with Gasteiger partial charge in [0, 0.05) is 18.5 Å². The van der Waals surface area contributed by atoms with Crippen molar-refractivity contribution in [3.05, 3.63) is 0 Å². The van der Waals surface area contributed by atoms with E-state index in [1.54, 1.807) is 4.90 Å². The summed E-state index contributed by atoms with van der Waals surface area (Å²) in [7, 11) is 0. The van der Waals surface area contributed by atoms with Crippen molar-refractivity contribution >= 4 is 29.1 Å². The molecule has 0 radical (unpaired) electrons. The van der Waals surface area contributed by atoms with E-state index in [1.807, 2.05) is 6.92 Å². The Morgan fingerprint density at radius 3 is 2.65 bits per heavy atom. The zero-order valence-corrected chi connectivity index (χ0v) is 10.7. The highest BCUT2D eigenvalue weighted by Crippen LogP contribution is 2.31. The number of rotatable bonds is 4. The van der Waals surface area contributed by atoms with Crippen molar-refractivity contribution in [2.24, 2.45) is 11.5 Å². The number of carbonyl (C=O) groups is 2. The first-order valence-corrected chi connectivity index (χ1v) is 5.88. The van der Waals surface area contributed by atoms with Crippen LogP contribution in [0, 0.1) is 0 Å². The second-order valence-electron chi connectivity index (χ2n) is 4.51. The lowest BCUT2D eigenvalue weighted by Gasteiger charge is -2.34. The summed E-state index contributed by atoms with van der Waals surface area (Å²) in [6.45, 7) is 2.58. The van der Waals surface area contributed by atoms with E-state index in [0.29, 0.717) is 6.54 Å². The van der Waals surface area contributed by atoms with E-state index in [4.69, 9.17) is 11.5 Å². The molecule has 5 N–H and O–H groups in total. The third-order valence-corrected chi connectivity index (χ3v) is 3.16. The quantitative estimate of drug-likeness (QED) is 0.566. The lowest BCUT2D eigenvalue weighted by atomic mass is 9.94. The van der Waals surface area contributed by atoms with Gasteiger partial charge in [0.25, 0.3) is 0 Å². The molecule has 0 aromatic rings. The van der Waals surface area contributed by atoms with Crippen LogP contribution in [0.5, 0.6) is 0 Å². The molecule has 1 saturated heterocycles. The van der Waals surface area contributed by atoms with Gasteiger partial charge in [0.1, 0.15) is 0 Å². The maximum absolute atomic E-state index is 11.9. The van der Waals surface area contributed by atoms with Gasteiger partial charge in [-0.25, -0.2) is 0 Å². The maximum Gasteiger partial charge on any atom is 0.242 e. The molecule has 1 atom stereocenters. The average Bonchev–Trinajstić information content (AvgIpc) is 2.55. The molecule has 0 spiro atoms. The Hall–Kier alpha value is -1.37. The summed E-state index contributed by atoms with van der Waals surface area (Å²) >= 11 is 4.64. The summed E-state index contributed by atoms with van der Waals surface area (Å²) in [6.07, 6.45) is 1.85. The molecule has 0 aromatic carbocycles. The predicted octanol–water partition coefficient (Wildman–Crippen LogP) is -0.924. The molecule has 0 aliphatic carbocycles. The van der Waals surface area contributed by atoms with Crippen LogP contribution in [-0.4, -0.2) is 40.5 Å². The van der Waals surface area contributed by atoms with Crippen molar-refractivity contribution in [2.75, 3.05) is 13.1 Å². The highest BCUT2D eigenvalue weighted by molar-refractivity contribution is 7.80. The minimum atomic E-state index is -0.471. The molecule has 1 heterocycles. The Labute approximate surface area is 106 Å². The zero-order chi connectivity index (χ0) is 13.1. The number of hydrogen-bond acceptors (Lipinski definition) is 3. The molecule has 7 heteroatoms. The van der Waals surface area contributed by atoms with Crippen LogP contribution in [0.4, 0.5) is 0 Å². The molecule has 96 valence electrons. The van der Waals surface area contributed by atoms with E-state index in [0.717, 1.165) is 12.8 Å². The fourth-order valence-electron chi connectivity index (χ4n) is 2.27. The number of amides is 2. The van der Waals surface area contributed by atoms with Crippen LogP contribution in [0.25, 0.3) is 0 Å². The Kier molecular flexibility index (Phi) is 4.28. The molecule has 1 aliphatic rings. The van der Waals surface area contributed by atoms with E-state index in [9.17, 15) is 9.59 Å². The van der Waals surface area contributed by atoms with Crippen LogP contribution in [0.2, 0.25) is 0 Å². The second kappa shape index (κ2) is 5.31. The van der Waals surface area contributed by atoms with Gasteiger partial charge in [-0.3, -0.25) is 9.59 Å². The van der Waals surface area contributed by atoms with Crippen molar-refractivity contribution in [1.29, 1.82) is 0 Å². The molecular formula is C10H18N4O2S. The van der Waals surface area contributed by atoms with Gasteiger partial charge in [-0.1, -0.05) is 0 Å². The lowest BCUT2D eigenvalue weighted by molar-refractivity contribution is -0.135. The molecule has 0 saturated carbocycles. The third kappa shape index (κ3) is 3.55. The highest BCUT2D eigenvalue weighted by atomic mass is 32.1.